The van der Waals surface area contributed by atoms with E-state index in [2.05, 4.69) is 167 Å². The molecule has 0 aliphatic heterocycles. The van der Waals surface area contributed by atoms with Gasteiger partial charge in [0.25, 0.3) is 0 Å². The lowest BCUT2D eigenvalue weighted by atomic mass is 10.0. The Morgan fingerprint density at radius 3 is 0.785 bits per heavy atom. The summed E-state index contributed by atoms with van der Waals surface area (Å²) in [7, 11) is -9.81. The summed E-state index contributed by atoms with van der Waals surface area (Å²) in [6, 6.07) is 0. The zero-order valence-electron chi connectivity index (χ0n) is 67.3. The van der Waals surface area contributed by atoms with E-state index < -0.39 is 91.5 Å². The van der Waals surface area contributed by atoms with Gasteiger partial charge in [0.05, 0.1) is 26.4 Å². The van der Waals surface area contributed by atoms with Crippen LogP contribution in [0.1, 0.15) is 342 Å². The van der Waals surface area contributed by atoms with Crippen LogP contribution >= 0.6 is 15.6 Å². The molecule has 0 saturated carbocycles. The first-order chi connectivity index (χ1) is 52.2. The highest BCUT2D eigenvalue weighted by atomic mass is 31.2. The second-order valence-electron chi connectivity index (χ2n) is 27.9. The number of hydrogen-bond donors (Lipinski definition) is 4. The Morgan fingerprint density at radius 2 is 0.495 bits per heavy atom. The van der Waals surface area contributed by atoms with Gasteiger partial charge in [0.1, 0.15) is 25.4 Å². The van der Waals surface area contributed by atoms with Crippen molar-refractivity contribution in [2.45, 2.75) is 360 Å². The fourth-order valence-corrected chi connectivity index (χ4v) is 12.8. The fraction of sp³-hybridized carbons (Fsp3) is 0.697. The third kappa shape index (κ3) is 82.2. The Hall–Kier alpha value is -4.57. The minimum Gasteiger partial charge on any atom is -0.463 e. The van der Waals surface area contributed by atoms with Gasteiger partial charge >= 0.3 is 33.6 Å². The van der Waals surface area contributed by atoms with Gasteiger partial charge in [-0.1, -0.05) is 327 Å². The molecule has 5 unspecified atom stereocenters. The highest BCUT2D eigenvalue weighted by Crippen LogP contribution is 2.45. The van der Waals surface area contributed by atoms with Gasteiger partial charge < -0.3 is 34.2 Å². The number of carbonyl (C=O) groups is 3. The molecule has 4 N–H and O–H groups in total. The predicted octanol–water partition coefficient (Wildman–Crippen LogP) is 25.2. The first-order valence-corrected chi connectivity index (χ1v) is 45.1. The fourth-order valence-electron chi connectivity index (χ4n) is 11.2. The van der Waals surface area contributed by atoms with Crippen LogP contribution < -0.4 is 0 Å². The van der Waals surface area contributed by atoms with Crippen molar-refractivity contribution in [2.24, 2.45) is 0 Å². The van der Waals surface area contributed by atoms with Crippen LogP contribution in [0.15, 0.2) is 146 Å². The summed E-state index contributed by atoms with van der Waals surface area (Å²) in [4.78, 5) is 58.7. The molecule has 0 heterocycles. The van der Waals surface area contributed by atoms with Gasteiger partial charge in [-0.3, -0.25) is 32.5 Å². The van der Waals surface area contributed by atoms with Gasteiger partial charge in [-0.25, -0.2) is 9.13 Å². The molecular formula is C89H152O16P2. The normalized spacial score (nSPS) is 14.6. The Morgan fingerprint density at radius 1 is 0.271 bits per heavy atom. The lowest BCUT2D eigenvalue weighted by Gasteiger charge is -2.21. The molecule has 0 rings (SSSR count). The van der Waals surface area contributed by atoms with E-state index in [0.717, 1.165) is 167 Å². The van der Waals surface area contributed by atoms with Crippen molar-refractivity contribution in [3.05, 3.63) is 146 Å². The molecule has 0 fully saturated rings. The third-order valence-corrected chi connectivity index (χ3v) is 19.4. The number of esters is 3. The van der Waals surface area contributed by atoms with E-state index in [4.69, 9.17) is 32.3 Å². The third-order valence-electron chi connectivity index (χ3n) is 17.5. The molecule has 0 bridgehead atoms. The number of phosphoric ester groups is 2. The highest BCUT2D eigenvalue weighted by Gasteiger charge is 2.29. The number of ether oxygens (including phenoxy) is 3. The molecule has 18 heteroatoms. The molecule has 0 aliphatic rings. The summed E-state index contributed by atoms with van der Waals surface area (Å²) in [6.45, 7) is 2.41. The van der Waals surface area contributed by atoms with Crippen molar-refractivity contribution < 1.29 is 75.8 Å². The maximum atomic E-state index is 13.0. The van der Waals surface area contributed by atoms with Crippen LogP contribution in [0, 0.1) is 0 Å². The quantitative estimate of drug-likeness (QED) is 0.0146. The van der Waals surface area contributed by atoms with Crippen molar-refractivity contribution in [1.82, 2.24) is 0 Å². The largest absolute Gasteiger partial charge is 0.472 e. The van der Waals surface area contributed by atoms with Gasteiger partial charge in [0.2, 0.25) is 0 Å². The number of aliphatic hydroxyl groups excluding tert-OH is 2. The van der Waals surface area contributed by atoms with E-state index in [9.17, 15) is 43.5 Å². The van der Waals surface area contributed by atoms with Crippen LogP contribution in [-0.4, -0.2) is 95.9 Å². The Balaban J connectivity index is 4.47. The summed E-state index contributed by atoms with van der Waals surface area (Å²) >= 11 is 0. The molecule has 0 radical (unpaired) electrons. The van der Waals surface area contributed by atoms with Crippen molar-refractivity contribution in [3.8, 4) is 0 Å². The Labute approximate surface area is 651 Å². The van der Waals surface area contributed by atoms with E-state index in [-0.39, 0.29) is 19.3 Å². The number of phosphoric acid groups is 2. The first-order valence-electron chi connectivity index (χ1n) is 42.1. The number of allylic oxidation sites excluding steroid dienone is 24. The number of unbranched alkanes of at least 4 members (excludes halogenated alkanes) is 32. The summed E-state index contributed by atoms with van der Waals surface area (Å²) in [6.07, 6.45) is 100. The topological polar surface area (TPSA) is 231 Å². The molecule has 0 spiro atoms. The van der Waals surface area contributed by atoms with Gasteiger partial charge in [0.15, 0.2) is 6.10 Å². The van der Waals surface area contributed by atoms with Crippen molar-refractivity contribution in [2.75, 3.05) is 39.6 Å². The SMILES string of the molecule is CC/C=C\C/C=C\C/C=C\C/C=C\C/C=C\CCCCCCCCCC(=O)OCC(COP(=O)(O)OCC(O)COP(=O)(O)OCC(O)COC(=O)CCCCCCCCCCCCCCCCCCC/C=C\C/C=C\C/C=C\C/C=C\CCCCC)OC(=O)CCCCCCC/C=C\C/C=C\C/C=C\CC. The molecule has 16 nitrogen and oxygen atoms in total. The summed E-state index contributed by atoms with van der Waals surface area (Å²) in [5.74, 6) is -1.60. The summed E-state index contributed by atoms with van der Waals surface area (Å²) in [5, 5.41) is 20.7. The van der Waals surface area contributed by atoms with E-state index >= 15 is 0 Å². The average Bonchev–Trinajstić information content (AvgIpc) is 0.912. The van der Waals surface area contributed by atoms with Crippen LogP contribution in [0.2, 0.25) is 0 Å². The van der Waals surface area contributed by atoms with E-state index in [1.807, 2.05) is 0 Å². The zero-order valence-corrected chi connectivity index (χ0v) is 69.1. The van der Waals surface area contributed by atoms with Crippen molar-refractivity contribution in [3.63, 3.8) is 0 Å². The smallest absolute Gasteiger partial charge is 0.463 e. The van der Waals surface area contributed by atoms with Gasteiger partial charge in [-0.05, 0) is 141 Å². The molecular weight excluding hydrogens is 1390 g/mol. The monoisotopic (exact) mass is 1540 g/mol. The molecule has 614 valence electrons. The van der Waals surface area contributed by atoms with Gasteiger partial charge in [-0.15, -0.1) is 0 Å². The molecule has 0 aliphatic carbocycles. The maximum absolute atomic E-state index is 13.0. The number of rotatable bonds is 79. The standard InChI is InChI=1S/C89H152O16P2/c1-4-7-10-13-16-19-22-25-28-30-32-34-36-37-38-39-40-41-42-43-44-45-47-49-50-52-55-57-60-63-66-69-72-75-87(92)99-78-84(90)79-101-106(95,96)102-80-85(91)81-103-107(97,98)104-83-86(105-89(94)77-74-71-68-65-62-59-54-27-24-21-18-15-12-9-6-3)82-100-88(93)76-73-70-67-64-61-58-56-53-51-48-46-35-33-31-29-26-23-20-17-14-11-8-5-2/h8-9,11-12,16-21,25-29,32-35,37-38,48,51,54,84-86,90-91H,4-7,10,13-15,22-24,30-31,36,39-47,49-50,52-53,55-83H2,1-3H3,(H,95,96)(H,97,98)/b11-8-,12-9-,19-16-,20-17-,21-18-,28-25-,29-26-,34-32-,35-33-,38-37-,51-48-,54-27-. The van der Waals surface area contributed by atoms with Crippen LogP contribution in [-0.2, 0) is 55.8 Å². The number of aliphatic hydroxyl groups is 2. The molecule has 107 heavy (non-hydrogen) atoms. The van der Waals surface area contributed by atoms with Crippen LogP contribution in [0.5, 0.6) is 0 Å². The average molecular weight is 1540 g/mol. The highest BCUT2D eigenvalue weighted by molar-refractivity contribution is 7.47. The molecule has 5 atom stereocenters. The Bertz CT molecular complexity index is 2530. The summed E-state index contributed by atoms with van der Waals surface area (Å²) in [5.41, 5.74) is 0. The lowest BCUT2D eigenvalue weighted by Crippen LogP contribution is -2.30. The minimum atomic E-state index is -4.94. The maximum Gasteiger partial charge on any atom is 0.472 e. The second kappa shape index (κ2) is 80.9. The van der Waals surface area contributed by atoms with Crippen LogP contribution in [0.4, 0.5) is 0 Å². The van der Waals surface area contributed by atoms with Crippen LogP contribution in [0.3, 0.4) is 0 Å². The first kappa shape index (κ1) is 102. The molecule has 0 amide bonds. The zero-order chi connectivity index (χ0) is 78.0. The molecule has 0 aromatic heterocycles. The number of carbonyl (C=O) groups excluding carboxylic acids is 3. The van der Waals surface area contributed by atoms with Gasteiger partial charge in [0, 0.05) is 19.3 Å². The minimum absolute atomic E-state index is 0.0789. The second-order valence-corrected chi connectivity index (χ2v) is 30.8. The van der Waals surface area contributed by atoms with Gasteiger partial charge in [-0.2, -0.15) is 0 Å². The van der Waals surface area contributed by atoms with Crippen molar-refractivity contribution >= 4 is 33.6 Å². The number of hydrogen-bond acceptors (Lipinski definition) is 14. The molecule has 0 saturated heterocycles. The van der Waals surface area contributed by atoms with Crippen LogP contribution in [0.25, 0.3) is 0 Å². The van der Waals surface area contributed by atoms with E-state index in [1.165, 1.54) is 116 Å². The van der Waals surface area contributed by atoms with E-state index in [1.54, 1.807) is 0 Å². The predicted molar refractivity (Wildman–Crippen MR) is 445 cm³/mol. The lowest BCUT2D eigenvalue weighted by molar-refractivity contribution is -0.161. The molecule has 0 aromatic carbocycles. The van der Waals surface area contributed by atoms with E-state index in [0.29, 0.717) is 19.3 Å². The van der Waals surface area contributed by atoms with Crippen molar-refractivity contribution in [1.29, 1.82) is 0 Å². The molecule has 0 aromatic rings. The summed E-state index contributed by atoms with van der Waals surface area (Å²) < 4.78 is 61.2. The Kier molecular flexibility index (Phi) is 77.5.